The van der Waals surface area contributed by atoms with Gasteiger partial charge in [0, 0.05) is 17.3 Å². The maximum atomic E-state index is 8.88. The van der Waals surface area contributed by atoms with Gasteiger partial charge in [0.1, 0.15) is 0 Å². The molecule has 0 spiro atoms. The van der Waals surface area contributed by atoms with Crippen molar-refractivity contribution < 1.29 is 5.11 Å². The van der Waals surface area contributed by atoms with Crippen molar-refractivity contribution in [1.82, 2.24) is 0 Å². The first-order valence-electron chi connectivity index (χ1n) is 4.11. The SMILES string of the molecule is OCc1cccc(C#CCCBr)c1. The Morgan fingerprint density at radius 1 is 1.38 bits per heavy atom. The topological polar surface area (TPSA) is 20.2 Å². The largest absolute Gasteiger partial charge is 0.392 e. The molecule has 0 bridgehead atoms. The lowest BCUT2D eigenvalue weighted by Gasteiger charge is -1.95. The number of rotatable bonds is 2. The molecule has 0 atom stereocenters. The summed E-state index contributed by atoms with van der Waals surface area (Å²) < 4.78 is 0. The molecule has 0 heterocycles. The number of benzene rings is 1. The van der Waals surface area contributed by atoms with E-state index in [4.69, 9.17) is 5.11 Å². The van der Waals surface area contributed by atoms with Crippen LogP contribution in [0.25, 0.3) is 0 Å². The van der Waals surface area contributed by atoms with E-state index >= 15 is 0 Å². The van der Waals surface area contributed by atoms with Crippen LogP contribution in [0.1, 0.15) is 17.5 Å². The van der Waals surface area contributed by atoms with Gasteiger partial charge in [-0.3, -0.25) is 0 Å². The van der Waals surface area contributed by atoms with E-state index in [0.29, 0.717) is 0 Å². The van der Waals surface area contributed by atoms with Crippen molar-refractivity contribution in [2.24, 2.45) is 0 Å². The molecule has 2 heteroatoms. The zero-order valence-corrected chi connectivity index (χ0v) is 8.84. The highest BCUT2D eigenvalue weighted by molar-refractivity contribution is 9.09. The van der Waals surface area contributed by atoms with Gasteiger partial charge in [-0.05, 0) is 17.7 Å². The van der Waals surface area contributed by atoms with E-state index in [1.807, 2.05) is 24.3 Å². The van der Waals surface area contributed by atoms with Gasteiger partial charge in [-0.15, -0.1) is 0 Å². The van der Waals surface area contributed by atoms with Crippen LogP contribution in [0.4, 0.5) is 0 Å². The fourth-order valence-electron chi connectivity index (χ4n) is 0.959. The summed E-state index contributed by atoms with van der Waals surface area (Å²) in [6.07, 6.45) is 0.851. The Bertz CT molecular complexity index is 322. The Hall–Kier alpha value is -0.780. The van der Waals surface area contributed by atoms with Crippen molar-refractivity contribution in [3.63, 3.8) is 0 Å². The highest BCUT2D eigenvalue weighted by atomic mass is 79.9. The van der Waals surface area contributed by atoms with Gasteiger partial charge >= 0.3 is 0 Å². The normalized spacial score (nSPS) is 9.08. The number of aliphatic hydroxyl groups is 1. The average molecular weight is 239 g/mol. The molecule has 1 rings (SSSR count). The summed E-state index contributed by atoms with van der Waals surface area (Å²) in [7, 11) is 0. The highest BCUT2D eigenvalue weighted by Crippen LogP contribution is 2.03. The van der Waals surface area contributed by atoms with Gasteiger partial charge in [0.05, 0.1) is 6.61 Å². The van der Waals surface area contributed by atoms with Crippen LogP contribution in [-0.4, -0.2) is 10.4 Å². The van der Waals surface area contributed by atoms with Crippen LogP contribution in [0, 0.1) is 11.8 Å². The molecule has 0 unspecified atom stereocenters. The molecule has 0 aromatic heterocycles. The lowest BCUT2D eigenvalue weighted by molar-refractivity contribution is 0.282. The van der Waals surface area contributed by atoms with Crippen LogP contribution in [0.15, 0.2) is 24.3 Å². The van der Waals surface area contributed by atoms with Crippen molar-refractivity contribution in [2.75, 3.05) is 5.33 Å². The molecule has 1 N–H and O–H groups in total. The monoisotopic (exact) mass is 238 g/mol. The number of alkyl halides is 1. The standard InChI is InChI=1S/C11H11BrO/c12-7-2-1-4-10-5-3-6-11(8-10)9-13/h3,5-6,8,13H,2,7,9H2. The van der Waals surface area contributed by atoms with Crippen LogP contribution in [0.3, 0.4) is 0 Å². The third-order valence-corrected chi connectivity index (χ3v) is 1.96. The van der Waals surface area contributed by atoms with Gasteiger partial charge in [-0.1, -0.05) is 39.9 Å². The van der Waals surface area contributed by atoms with Crippen molar-refractivity contribution in [1.29, 1.82) is 0 Å². The van der Waals surface area contributed by atoms with Crippen LogP contribution in [0.5, 0.6) is 0 Å². The highest BCUT2D eigenvalue weighted by Gasteiger charge is 1.90. The Morgan fingerprint density at radius 2 is 2.23 bits per heavy atom. The molecule has 68 valence electrons. The van der Waals surface area contributed by atoms with Crippen LogP contribution >= 0.6 is 15.9 Å². The summed E-state index contributed by atoms with van der Waals surface area (Å²) in [6.45, 7) is 0.0773. The van der Waals surface area contributed by atoms with Crippen LogP contribution < -0.4 is 0 Å². The van der Waals surface area contributed by atoms with E-state index in [2.05, 4.69) is 27.8 Å². The Morgan fingerprint density at radius 3 is 2.92 bits per heavy atom. The number of hydrogen-bond donors (Lipinski definition) is 1. The van der Waals surface area contributed by atoms with Gasteiger partial charge in [-0.2, -0.15) is 0 Å². The maximum absolute atomic E-state index is 8.88. The minimum absolute atomic E-state index is 0.0773. The minimum Gasteiger partial charge on any atom is -0.392 e. The number of halogens is 1. The van der Waals surface area contributed by atoms with Crippen molar-refractivity contribution in [2.45, 2.75) is 13.0 Å². The lowest BCUT2D eigenvalue weighted by atomic mass is 10.1. The third-order valence-electron chi connectivity index (χ3n) is 1.56. The Balaban J connectivity index is 2.73. The van der Waals surface area contributed by atoms with E-state index in [-0.39, 0.29) is 6.61 Å². The van der Waals surface area contributed by atoms with Crippen molar-refractivity contribution >= 4 is 15.9 Å². The van der Waals surface area contributed by atoms with E-state index in [1.165, 1.54) is 0 Å². The molecule has 13 heavy (non-hydrogen) atoms. The smallest absolute Gasteiger partial charge is 0.0682 e. The van der Waals surface area contributed by atoms with E-state index in [9.17, 15) is 0 Å². The summed E-state index contributed by atoms with van der Waals surface area (Å²) in [6, 6.07) is 7.64. The predicted octanol–water partition coefficient (Wildman–Crippen LogP) is 2.32. The van der Waals surface area contributed by atoms with Gasteiger partial charge < -0.3 is 5.11 Å². The Labute approximate surface area is 86.9 Å². The zero-order valence-electron chi connectivity index (χ0n) is 7.26. The number of aliphatic hydroxyl groups excluding tert-OH is 1. The van der Waals surface area contributed by atoms with Crippen molar-refractivity contribution in [3.05, 3.63) is 35.4 Å². The maximum Gasteiger partial charge on any atom is 0.0682 e. The molecule has 0 radical (unpaired) electrons. The molecule has 0 aliphatic carbocycles. The second-order valence-corrected chi connectivity index (χ2v) is 3.39. The van der Waals surface area contributed by atoms with E-state index in [1.54, 1.807) is 0 Å². The third kappa shape index (κ3) is 3.63. The fraction of sp³-hybridized carbons (Fsp3) is 0.273. The zero-order chi connectivity index (χ0) is 9.52. The first-order valence-corrected chi connectivity index (χ1v) is 5.23. The molecular formula is C11H11BrO. The predicted molar refractivity (Wildman–Crippen MR) is 57.7 cm³/mol. The molecule has 0 aliphatic rings. The summed E-state index contributed by atoms with van der Waals surface area (Å²) >= 11 is 3.31. The second kappa shape index (κ2) is 5.80. The van der Waals surface area contributed by atoms with E-state index in [0.717, 1.165) is 22.9 Å². The molecule has 0 amide bonds. The summed E-state index contributed by atoms with van der Waals surface area (Å²) in [4.78, 5) is 0. The van der Waals surface area contributed by atoms with Crippen LogP contribution in [0.2, 0.25) is 0 Å². The molecule has 1 nitrogen and oxygen atoms in total. The first-order chi connectivity index (χ1) is 6.36. The number of hydrogen-bond acceptors (Lipinski definition) is 1. The second-order valence-electron chi connectivity index (χ2n) is 2.60. The molecule has 1 aromatic carbocycles. The van der Waals surface area contributed by atoms with Gasteiger partial charge in [-0.25, -0.2) is 0 Å². The van der Waals surface area contributed by atoms with E-state index < -0.39 is 0 Å². The lowest BCUT2D eigenvalue weighted by Crippen LogP contribution is -1.83. The van der Waals surface area contributed by atoms with Gasteiger partial charge in [0.25, 0.3) is 0 Å². The van der Waals surface area contributed by atoms with Crippen molar-refractivity contribution in [3.8, 4) is 11.8 Å². The summed E-state index contributed by atoms with van der Waals surface area (Å²) in [5.74, 6) is 6.05. The minimum atomic E-state index is 0.0773. The van der Waals surface area contributed by atoms with Crippen LogP contribution in [-0.2, 0) is 6.61 Å². The fourth-order valence-corrected chi connectivity index (χ4v) is 1.16. The molecule has 0 aliphatic heterocycles. The molecule has 1 aromatic rings. The average Bonchev–Trinajstić information content (AvgIpc) is 2.19. The van der Waals surface area contributed by atoms with Gasteiger partial charge in [0.2, 0.25) is 0 Å². The molecule has 0 saturated heterocycles. The summed E-state index contributed by atoms with van der Waals surface area (Å²) in [5, 5.41) is 9.78. The summed E-state index contributed by atoms with van der Waals surface area (Å²) in [5.41, 5.74) is 1.87. The molecule has 0 fully saturated rings. The molecular weight excluding hydrogens is 228 g/mol. The quantitative estimate of drug-likeness (QED) is 0.620. The molecule has 0 saturated carbocycles. The van der Waals surface area contributed by atoms with Gasteiger partial charge in [0.15, 0.2) is 0 Å². The Kier molecular flexibility index (Phi) is 4.59. The first kappa shape index (κ1) is 10.3.